The fraction of sp³-hybridized carbons (Fsp3) is 0.908. The Morgan fingerprint density at radius 1 is 0.442 bits per heavy atom. The molecular weight excluding hydrogens is 1710 g/mol. The van der Waals surface area contributed by atoms with Gasteiger partial charge in [0.2, 0.25) is 17.7 Å². The average Bonchev–Trinajstić information content (AvgIpc) is 0.745. The number of Topliss-reactive ketones (excluding diaryl/α,β-unsaturated/α-hetero) is 1. The van der Waals surface area contributed by atoms with Crippen molar-refractivity contribution >= 4 is 35.4 Å². The number of rotatable bonds is 62. The zero-order chi connectivity index (χ0) is 95.2. The first kappa shape index (κ1) is 113. The van der Waals surface area contributed by atoms with Gasteiger partial charge in [0.15, 0.2) is 25.2 Å². The molecule has 0 aromatic carbocycles. The van der Waals surface area contributed by atoms with Gasteiger partial charge >= 0.3 is 11.9 Å². The van der Waals surface area contributed by atoms with Crippen molar-refractivity contribution in [3.63, 3.8) is 0 Å². The molecule has 0 radical (unpaired) electrons. The molecule has 0 aliphatic carbocycles. The van der Waals surface area contributed by atoms with E-state index in [1.54, 1.807) is 6.08 Å². The predicted molar refractivity (Wildman–Crippen MR) is 450 cm³/mol. The summed E-state index contributed by atoms with van der Waals surface area (Å²) in [5.74, 6) is -16.5. The van der Waals surface area contributed by atoms with E-state index in [4.69, 9.17) is 56.8 Å². The van der Waals surface area contributed by atoms with Gasteiger partial charge in [0.05, 0.1) is 88.8 Å². The first-order chi connectivity index (χ1) is 61.6. The number of carboxylic acid groups (broad SMARTS) is 2. The lowest BCUT2D eigenvalue weighted by Gasteiger charge is -2.53. The van der Waals surface area contributed by atoms with Gasteiger partial charge in [-0.2, -0.15) is 0 Å². The Labute approximate surface area is 753 Å². The van der Waals surface area contributed by atoms with E-state index < -0.39 is 308 Å². The summed E-state index contributed by atoms with van der Waals surface area (Å²) in [6, 6.07) is -5.10. The molecule has 6 heterocycles. The first-order valence-corrected chi connectivity index (χ1v) is 46.4. The number of carboxylic acids is 2. The van der Waals surface area contributed by atoms with Crippen LogP contribution in [0.2, 0.25) is 0 Å². The summed E-state index contributed by atoms with van der Waals surface area (Å²) in [4.78, 5) is 80.5. The molecule has 6 fully saturated rings. The van der Waals surface area contributed by atoms with Gasteiger partial charge in [0.25, 0.3) is 11.6 Å². The highest BCUT2D eigenvalue weighted by Gasteiger charge is 2.64. The van der Waals surface area contributed by atoms with Crippen LogP contribution in [-0.4, -0.2) is 390 Å². The molecule has 0 bridgehead atoms. The van der Waals surface area contributed by atoms with E-state index >= 15 is 0 Å². The molecule has 6 saturated heterocycles. The molecule has 2 unspecified atom stereocenters. The molecule has 3 amide bonds. The fourth-order valence-electron chi connectivity index (χ4n) is 17.5. The number of hydrogen-bond acceptors (Lipinski definition) is 37. The van der Waals surface area contributed by atoms with Gasteiger partial charge in [-0.3, -0.25) is 14.4 Å². The van der Waals surface area contributed by atoms with E-state index in [1.807, 2.05) is 0 Å². The third-order valence-electron chi connectivity index (χ3n) is 24.9. The van der Waals surface area contributed by atoms with Crippen LogP contribution in [-0.2, 0) is 85.6 Å². The van der Waals surface area contributed by atoms with Crippen molar-refractivity contribution in [1.82, 2.24) is 16.0 Å². The van der Waals surface area contributed by atoms with Gasteiger partial charge in [-0.1, -0.05) is 193 Å². The first-order valence-electron chi connectivity index (χ1n) is 46.4. The summed E-state index contributed by atoms with van der Waals surface area (Å²) in [5, 5.41) is 245. The summed E-state index contributed by atoms with van der Waals surface area (Å²) in [7, 11) is 0. The Morgan fingerprint density at radius 3 is 1.34 bits per heavy atom. The van der Waals surface area contributed by atoms with E-state index in [0.29, 0.717) is 12.8 Å². The van der Waals surface area contributed by atoms with Gasteiger partial charge < -0.3 is 185 Å². The van der Waals surface area contributed by atoms with E-state index in [-0.39, 0.29) is 6.42 Å². The van der Waals surface area contributed by atoms with Crippen LogP contribution in [0.3, 0.4) is 0 Å². The number of aliphatic hydroxyl groups is 19. The van der Waals surface area contributed by atoms with Crippen LogP contribution >= 0.6 is 0 Å². The summed E-state index contributed by atoms with van der Waals surface area (Å²) >= 11 is 0. The molecule has 34 atom stereocenters. The molecule has 0 aromatic rings. The smallest absolute Gasteiger partial charge is 0.364 e. The van der Waals surface area contributed by atoms with Crippen LogP contribution in [0.4, 0.5) is 0 Å². The quantitative estimate of drug-likeness (QED) is 0.0231. The second-order valence-corrected chi connectivity index (χ2v) is 35.3. The standard InChI is InChI=1S/C87H153N3O39/c1-6-8-10-12-14-16-18-20-21-22-23-25-27-29-31-33-35-37-62(104)90-52(53(100)36-34-32-30-28-26-24-19-17-15-13-11-9-7-2)47-118-81-72(112)70(110)75(60(45-95)121-81)124-83-73(113)79(76(61(46-96)122-83)125-80-51(38-48(3)97)74(67(107)58(43-93)119-80)123-82-71(111)69(109)66(106)57(42-92)120-82)129-87(85(116)117)40-55(102)64(89-50(5)99)78(128-87)68(108)59(44-94)126-86(84(114)115)39-54(101)63(88-49(4)98)77(127-86)65(105)56(103)41-91/h34,36,51-61,63-83,91-96,100-103,105-113H,6-33,35,37-47H2,1-5H3,(H,88,98)(H,89,99)(H,90,104)(H,114,115)(H,116,117)/b36-34-/t51-,52+,53-,54+,55+,56-,57-,58-,59-,60-,61-,63-,64-,65-,66+,67+,68-,69+,70-,71-,72-,73-,74-,75-,76+,77?,78?,79-,80+,81-,82+,83+,86-,87+/m1/s1. The number of allylic oxidation sites excluding steroid dienone is 1. The highest BCUT2D eigenvalue weighted by Crippen LogP contribution is 2.44. The van der Waals surface area contributed by atoms with Crippen LogP contribution in [0, 0.1) is 5.92 Å². The summed E-state index contributed by atoms with van der Waals surface area (Å²) in [5.41, 5.74) is 0. The minimum atomic E-state index is -3.68. The number of carbonyl (C=O) groups excluding carboxylic acids is 4. The average molecular weight is 1870 g/mol. The van der Waals surface area contributed by atoms with Crippen molar-refractivity contribution in [2.45, 2.75) is 448 Å². The van der Waals surface area contributed by atoms with Gasteiger partial charge in [0, 0.05) is 45.4 Å². The lowest BCUT2D eigenvalue weighted by Crippen LogP contribution is -2.72. The maximum absolute atomic E-state index is 14.4. The predicted octanol–water partition coefficient (Wildman–Crippen LogP) is -2.00. The Balaban J connectivity index is 1.32. The maximum Gasteiger partial charge on any atom is 0.364 e. The summed E-state index contributed by atoms with van der Waals surface area (Å²) < 4.78 is 72.5. The van der Waals surface area contributed by atoms with Gasteiger partial charge in [-0.25, -0.2) is 9.59 Å². The minimum absolute atomic E-state index is 0.0888. The number of ketones is 1. The zero-order valence-electron chi connectivity index (χ0n) is 75.2. The molecule has 0 aromatic heterocycles. The van der Waals surface area contributed by atoms with Crippen molar-refractivity contribution in [2.24, 2.45) is 5.92 Å². The van der Waals surface area contributed by atoms with Crippen molar-refractivity contribution < 1.29 is 193 Å². The van der Waals surface area contributed by atoms with Crippen LogP contribution in [0.1, 0.15) is 247 Å². The third kappa shape index (κ3) is 33.7. The van der Waals surface area contributed by atoms with Crippen LogP contribution in [0.5, 0.6) is 0 Å². The second-order valence-electron chi connectivity index (χ2n) is 35.3. The Hall–Kier alpha value is -4.48. The maximum atomic E-state index is 14.4. The van der Waals surface area contributed by atoms with Crippen LogP contribution in [0.15, 0.2) is 12.2 Å². The van der Waals surface area contributed by atoms with E-state index in [2.05, 4.69) is 29.8 Å². The van der Waals surface area contributed by atoms with E-state index in [9.17, 15) is 136 Å². The van der Waals surface area contributed by atoms with Crippen LogP contribution < -0.4 is 16.0 Å². The van der Waals surface area contributed by atoms with E-state index in [0.717, 1.165) is 85.0 Å². The van der Waals surface area contributed by atoms with Gasteiger partial charge in [0.1, 0.15) is 128 Å². The van der Waals surface area contributed by atoms with Crippen molar-refractivity contribution in [2.75, 3.05) is 46.2 Å². The molecule has 0 saturated carbocycles. The zero-order valence-corrected chi connectivity index (χ0v) is 75.2. The van der Waals surface area contributed by atoms with Crippen molar-refractivity contribution in [3.05, 3.63) is 12.2 Å². The number of amides is 3. The number of unbranched alkanes of at least 4 members (excludes halogenated alkanes) is 27. The van der Waals surface area contributed by atoms with E-state index in [1.165, 1.54) is 115 Å². The molecule has 0 spiro atoms. The Morgan fingerprint density at radius 2 is 0.860 bits per heavy atom. The molecule has 6 aliphatic heterocycles. The lowest BCUT2D eigenvalue weighted by molar-refractivity contribution is -0.407. The lowest BCUT2D eigenvalue weighted by atomic mass is 9.86. The molecule has 42 nitrogen and oxygen atoms in total. The number of aliphatic hydroxyl groups excluding tert-OH is 19. The molecule has 24 N–H and O–H groups in total. The number of aliphatic carboxylic acids is 2. The Kier molecular flexibility index (Phi) is 51.1. The second kappa shape index (κ2) is 58.2. The monoisotopic (exact) mass is 1860 g/mol. The van der Waals surface area contributed by atoms with Crippen molar-refractivity contribution in [3.8, 4) is 0 Å². The topological polar surface area (TPSA) is 674 Å². The molecular formula is C87H153N3O39. The van der Waals surface area contributed by atoms with Crippen LogP contribution in [0.25, 0.3) is 0 Å². The molecule has 6 rings (SSSR count). The molecule has 750 valence electrons. The summed E-state index contributed by atoms with van der Waals surface area (Å²) in [6.45, 7) is -0.777. The van der Waals surface area contributed by atoms with Gasteiger partial charge in [-0.15, -0.1) is 0 Å². The minimum Gasteiger partial charge on any atom is -0.477 e. The SMILES string of the molecule is CCCCCCCCCCCCC/C=C\[C@@H](O)[C@H](CO[C@@H]1O[C@H](CO)[C@@H](O[C@@H]2O[C@H](CO)[C@H](O[C@@H]3O[C@H](CO)[C@H](O)[C@H](O[C@@H]4O[C@H](CO)[C@H](O)[C@H](O)[C@H]4O)[C@H]3CC(C)=O)[C@H](O[C@]3(C(=O)O)C[C@H](O)[C@@H](NC(C)=O)C([C@H](O)[C@@H](CO)O[C@]4(C(=O)O)C[C@H](O)[C@@H](NC(C)=O)C([C@H](O)[C@H](O)CO)O4)O3)[C@H]2O)[C@H](O)[C@H]1O)NC(=O)CCCCCCCCCCCCCCCCCCC. The highest BCUT2D eigenvalue weighted by molar-refractivity contribution is 5.78. The Bertz CT molecular complexity index is 3230. The number of nitrogens with one attached hydrogen (secondary N) is 3. The third-order valence-corrected chi connectivity index (χ3v) is 24.9. The van der Waals surface area contributed by atoms with Crippen molar-refractivity contribution in [1.29, 1.82) is 0 Å². The highest BCUT2D eigenvalue weighted by atomic mass is 16.8. The fourth-order valence-corrected chi connectivity index (χ4v) is 17.5. The molecule has 6 aliphatic rings. The number of carbonyl (C=O) groups is 6. The number of ether oxygens (including phenoxy) is 12. The molecule has 129 heavy (non-hydrogen) atoms. The normalized spacial score (nSPS) is 34.8. The summed E-state index contributed by atoms with van der Waals surface area (Å²) in [6.07, 6.45) is -29.5. The largest absolute Gasteiger partial charge is 0.477 e. The molecule has 42 heteroatoms. The van der Waals surface area contributed by atoms with Gasteiger partial charge in [-0.05, 0) is 26.2 Å². The number of hydrogen-bond donors (Lipinski definition) is 24.